The molecule has 1 aromatic carbocycles. The zero-order valence-electron chi connectivity index (χ0n) is 11.9. The van der Waals surface area contributed by atoms with Crippen LogP contribution < -0.4 is 5.32 Å². The molecule has 2 heterocycles. The van der Waals surface area contributed by atoms with E-state index in [2.05, 4.69) is 10.5 Å². The second-order valence-electron chi connectivity index (χ2n) is 5.36. The van der Waals surface area contributed by atoms with Crippen molar-refractivity contribution in [3.63, 3.8) is 0 Å². The van der Waals surface area contributed by atoms with Gasteiger partial charge in [0.2, 0.25) is 6.10 Å². The maximum absolute atomic E-state index is 13.7. The summed E-state index contributed by atoms with van der Waals surface area (Å²) in [6, 6.07) is 3.31. The average molecular weight is 326 g/mol. The minimum absolute atomic E-state index is 0.0457. The molecule has 22 heavy (non-hydrogen) atoms. The van der Waals surface area contributed by atoms with Crippen LogP contribution in [0.1, 0.15) is 24.8 Å². The number of rotatable bonds is 3. The quantitative estimate of drug-likeness (QED) is 0.928. The number of halogens is 2. The van der Waals surface area contributed by atoms with Crippen LogP contribution in [-0.2, 0) is 9.63 Å². The Kier molecular flexibility index (Phi) is 4.61. The first-order valence-electron chi connectivity index (χ1n) is 7.20. The molecule has 1 N–H and O–H groups in total. The summed E-state index contributed by atoms with van der Waals surface area (Å²) in [5.74, 6) is 0.702. The highest BCUT2D eigenvalue weighted by Gasteiger charge is 2.31. The predicted molar refractivity (Wildman–Crippen MR) is 80.9 cm³/mol. The van der Waals surface area contributed by atoms with Gasteiger partial charge in [-0.15, -0.1) is 0 Å². The van der Waals surface area contributed by atoms with E-state index in [0.29, 0.717) is 0 Å². The van der Waals surface area contributed by atoms with Gasteiger partial charge in [-0.3, -0.25) is 4.79 Å². The predicted octanol–water partition coefficient (Wildman–Crippen LogP) is 2.47. The molecule has 3 rings (SSSR count). The minimum atomic E-state index is -0.771. The van der Waals surface area contributed by atoms with Crippen LogP contribution in [0.25, 0.3) is 0 Å². The molecule has 0 aliphatic carbocycles. The van der Waals surface area contributed by atoms with Gasteiger partial charge in [0.25, 0.3) is 5.91 Å². The van der Waals surface area contributed by atoms with Crippen molar-refractivity contribution in [2.75, 3.05) is 11.5 Å². The van der Waals surface area contributed by atoms with Crippen LogP contribution in [0.2, 0.25) is 0 Å². The standard InChI is InChI=1S/C15H16F2N2O2S/c16-9-1-2-12(17)11(7-9)13-8-14(21-19-13)15(20)18-10-3-5-22-6-4-10/h1-2,7,10,14H,3-6,8H2,(H,18,20)/t14-/m0/s1. The van der Waals surface area contributed by atoms with E-state index in [1.807, 2.05) is 11.8 Å². The van der Waals surface area contributed by atoms with Crippen molar-refractivity contribution in [1.29, 1.82) is 0 Å². The van der Waals surface area contributed by atoms with Gasteiger partial charge >= 0.3 is 0 Å². The Hall–Kier alpha value is -1.63. The Bertz CT molecular complexity index is 603. The van der Waals surface area contributed by atoms with Crippen LogP contribution in [-0.4, -0.2) is 35.3 Å². The van der Waals surface area contributed by atoms with Crippen molar-refractivity contribution in [3.8, 4) is 0 Å². The number of nitrogens with one attached hydrogen (secondary N) is 1. The number of hydrogen-bond acceptors (Lipinski definition) is 4. The van der Waals surface area contributed by atoms with Gasteiger partial charge in [-0.05, 0) is 42.5 Å². The normalized spacial score (nSPS) is 22.1. The number of nitrogens with zero attached hydrogens (tertiary/aromatic N) is 1. The molecule has 0 aromatic heterocycles. The number of hydrogen-bond donors (Lipinski definition) is 1. The number of carbonyl (C=O) groups is 1. The summed E-state index contributed by atoms with van der Waals surface area (Å²) >= 11 is 1.88. The Morgan fingerprint density at radius 2 is 2.09 bits per heavy atom. The lowest BCUT2D eigenvalue weighted by Gasteiger charge is -2.23. The first kappa shape index (κ1) is 15.3. The van der Waals surface area contributed by atoms with Crippen LogP contribution in [0.4, 0.5) is 8.78 Å². The van der Waals surface area contributed by atoms with Gasteiger partial charge in [-0.25, -0.2) is 8.78 Å². The zero-order valence-corrected chi connectivity index (χ0v) is 12.7. The Morgan fingerprint density at radius 1 is 1.32 bits per heavy atom. The van der Waals surface area contributed by atoms with Gasteiger partial charge in [0, 0.05) is 18.0 Å². The molecule has 1 saturated heterocycles. The maximum Gasteiger partial charge on any atom is 0.264 e. The van der Waals surface area contributed by atoms with Crippen LogP contribution in [0, 0.1) is 11.6 Å². The van der Waals surface area contributed by atoms with Gasteiger partial charge < -0.3 is 10.2 Å². The van der Waals surface area contributed by atoms with Crippen LogP contribution in [0.3, 0.4) is 0 Å². The van der Waals surface area contributed by atoms with E-state index < -0.39 is 17.7 Å². The van der Waals surface area contributed by atoms with E-state index in [9.17, 15) is 13.6 Å². The summed E-state index contributed by atoms with van der Waals surface area (Å²) in [7, 11) is 0. The molecule has 4 nitrogen and oxygen atoms in total. The molecule has 0 saturated carbocycles. The molecule has 2 aliphatic heterocycles. The fourth-order valence-corrected chi connectivity index (χ4v) is 3.64. The van der Waals surface area contributed by atoms with Gasteiger partial charge in [0.15, 0.2) is 0 Å². The first-order chi connectivity index (χ1) is 10.6. The van der Waals surface area contributed by atoms with E-state index in [0.717, 1.165) is 42.5 Å². The fourth-order valence-electron chi connectivity index (χ4n) is 2.53. The van der Waals surface area contributed by atoms with E-state index >= 15 is 0 Å². The van der Waals surface area contributed by atoms with Crippen molar-refractivity contribution < 1.29 is 18.4 Å². The lowest BCUT2D eigenvalue weighted by molar-refractivity contribution is -0.131. The maximum atomic E-state index is 13.7. The smallest absolute Gasteiger partial charge is 0.264 e. The van der Waals surface area contributed by atoms with Crippen molar-refractivity contribution in [2.45, 2.75) is 31.4 Å². The van der Waals surface area contributed by atoms with E-state index in [1.54, 1.807) is 0 Å². The van der Waals surface area contributed by atoms with Crippen LogP contribution >= 0.6 is 11.8 Å². The van der Waals surface area contributed by atoms with Crippen molar-refractivity contribution in [3.05, 3.63) is 35.4 Å². The van der Waals surface area contributed by atoms with E-state index in [1.165, 1.54) is 0 Å². The molecule has 1 atom stereocenters. The highest BCUT2D eigenvalue weighted by molar-refractivity contribution is 7.99. The topological polar surface area (TPSA) is 50.7 Å². The molecular weight excluding hydrogens is 310 g/mol. The Labute approximate surface area is 131 Å². The third kappa shape index (κ3) is 3.40. The van der Waals surface area contributed by atoms with Gasteiger partial charge in [0.1, 0.15) is 11.6 Å². The lowest BCUT2D eigenvalue weighted by Crippen LogP contribution is -2.43. The number of oxime groups is 1. The number of amides is 1. The third-order valence-corrected chi connectivity index (χ3v) is 4.82. The summed E-state index contributed by atoms with van der Waals surface area (Å²) in [6.45, 7) is 0. The highest BCUT2D eigenvalue weighted by atomic mass is 32.2. The van der Waals surface area contributed by atoms with E-state index in [4.69, 9.17) is 4.84 Å². The van der Waals surface area contributed by atoms with Crippen molar-refractivity contribution in [1.82, 2.24) is 5.32 Å². The van der Waals surface area contributed by atoms with Crippen LogP contribution in [0.15, 0.2) is 23.4 Å². The fraction of sp³-hybridized carbons (Fsp3) is 0.467. The minimum Gasteiger partial charge on any atom is -0.382 e. The van der Waals surface area contributed by atoms with Crippen molar-refractivity contribution in [2.24, 2.45) is 5.16 Å². The molecule has 0 radical (unpaired) electrons. The molecular formula is C15H16F2N2O2S. The summed E-state index contributed by atoms with van der Waals surface area (Å²) in [5.41, 5.74) is 0.306. The number of benzene rings is 1. The van der Waals surface area contributed by atoms with E-state index in [-0.39, 0.29) is 29.6 Å². The Balaban J connectivity index is 1.61. The molecule has 2 aliphatic rings. The molecule has 0 bridgehead atoms. The van der Waals surface area contributed by atoms with Gasteiger partial charge in [0.05, 0.1) is 5.71 Å². The van der Waals surface area contributed by atoms with Crippen LogP contribution in [0.5, 0.6) is 0 Å². The third-order valence-electron chi connectivity index (χ3n) is 3.77. The van der Waals surface area contributed by atoms with Gasteiger partial charge in [-0.1, -0.05) is 5.16 Å². The number of thioether (sulfide) groups is 1. The summed E-state index contributed by atoms with van der Waals surface area (Å²) in [5, 5.41) is 6.69. The molecule has 0 spiro atoms. The number of carbonyl (C=O) groups excluding carboxylic acids is 1. The van der Waals surface area contributed by atoms with Crippen molar-refractivity contribution >= 4 is 23.4 Å². The Morgan fingerprint density at radius 3 is 2.86 bits per heavy atom. The largest absolute Gasteiger partial charge is 0.382 e. The highest BCUT2D eigenvalue weighted by Crippen LogP contribution is 2.21. The second-order valence-corrected chi connectivity index (χ2v) is 6.58. The molecule has 0 unspecified atom stereocenters. The first-order valence-corrected chi connectivity index (χ1v) is 8.35. The molecule has 118 valence electrons. The molecule has 1 aromatic rings. The SMILES string of the molecule is O=C(NC1CCSCC1)[C@@H]1CC(c2cc(F)ccc2F)=NO1. The summed E-state index contributed by atoms with van der Waals surface area (Å²) in [6.07, 6.45) is 1.26. The summed E-state index contributed by atoms with van der Waals surface area (Å²) in [4.78, 5) is 17.3. The molecule has 1 fully saturated rings. The molecule has 1 amide bonds. The summed E-state index contributed by atoms with van der Waals surface area (Å²) < 4.78 is 26.9. The molecule has 7 heteroatoms. The zero-order chi connectivity index (χ0) is 15.5. The van der Waals surface area contributed by atoms with Gasteiger partial charge in [-0.2, -0.15) is 11.8 Å². The lowest BCUT2D eigenvalue weighted by atomic mass is 10.0. The monoisotopic (exact) mass is 326 g/mol. The average Bonchev–Trinajstić information content (AvgIpc) is 3.00. The second kappa shape index (κ2) is 6.64.